The number of fused-ring (bicyclic) bond motifs is 1. The Balaban J connectivity index is 1.22. The molecule has 2 heterocycles. The molecule has 0 bridgehead atoms. The lowest BCUT2D eigenvalue weighted by Crippen LogP contribution is -2.20. The van der Waals surface area contributed by atoms with Gasteiger partial charge in [-0.25, -0.2) is 4.98 Å². The maximum Gasteiger partial charge on any atom is 0.255 e. The lowest BCUT2D eigenvalue weighted by Gasteiger charge is -2.15. The number of nitrogens with one attached hydrogen (secondary N) is 2. The van der Waals surface area contributed by atoms with E-state index in [2.05, 4.69) is 38.4 Å². The molecule has 6 heteroatoms. The summed E-state index contributed by atoms with van der Waals surface area (Å²) in [6, 6.07) is 8.42. The molecular weight excluding hydrogens is 364 g/mol. The summed E-state index contributed by atoms with van der Waals surface area (Å²) in [5, 5.41) is 3.25. The first-order valence-electron chi connectivity index (χ1n) is 11.1. The zero-order chi connectivity index (χ0) is 19.9. The van der Waals surface area contributed by atoms with Gasteiger partial charge in [-0.2, -0.15) is 0 Å². The molecule has 6 nitrogen and oxygen atoms in total. The molecule has 2 aliphatic rings. The van der Waals surface area contributed by atoms with Crippen LogP contribution in [0.4, 0.5) is 5.95 Å². The minimum Gasteiger partial charge on any atom is -0.494 e. The van der Waals surface area contributed by atoms with Crippen molar-refractivity contribution in [3.05, 3.63) is 51.4 Å². The second-order valence-corrected chi connectivity index (χ2v) is 8.16. The van der Waals surface area contributed by atoms with Gasteiger partial charge in [-0.3, -0.25) is 14.7 Å². The number of rotatable bonds is 8. The van der Waals surface area contributed by atoms with E-state index in [0.717, 1.165) is 62.2 Å². The Hall–Kier alpha value is -2.34. The largest absolute Gasteiger partial charge is 0.494 e. The van der Waals surface area contributed by atoms with Gasteiger partial charge in [-0.15, -0.1) is 0 Å². The van der Waals surface area contributed by atoms with Gasteiger partial charge in [0.2, 0.25) is 5.95 Å². The number of benzene rings is 1. The fourth-order valence-electron chi connectivity index (χ4n) is 4.27. The summed E-state index contributed by atoms with van der Waals surface area (Å²) >= 11 is 0. The Bertz CT molecular complexity index is 858. The highest BCUT2D eigenvalue weighted by Gasteiger charge is 2.14. The summed E-state index contributed by atoms with van der Waals surface area (Å²) in [5.41, 5.74) is 3.18. The molecule has 0 amide bonds. The average molecular weight is 397 g/mol. The lowest BCUT2D eigenvalue weighted by molar-refractivity contribution is 0.310. The molecule has 1 fully saturated rings. The van der Waals surface area contributed by atoms with Crippen LogP contribution in [0.1, 0.15) is 55.3 Å². The predicted octanol–water partition coefficient (Wildman–Crippen LogP) is 3.52. The van der Waals surface area contributed by atoms with Crippen LogP contribution in [0, 0.1) is 0 Å². The van der Waals surface area contributed by atoms with E-state index in [4.69, 9.17) is 4.74 Å². The van der Waals surface area contributed by atoms with E-state index in [1.807, 2.05) is 6.07 Å². The number of anilines is 1. The molecule has 29 heavy (non-hydrogen) atoms. The van der Waals surface area contributed by atoms with E-state index >= 15 is 0 Å². The lowest BCUT2D eigenvalue weighted by atomic mass is 10.1. The van der Waals surface area contributed by atoms with Crippen LogP contribution in [0.25, 0.3) is 0 Å². The SMILES string of the molecule is O=c1[nH]c(NCCCOc2cccc(CN3CCCC3)c2)nc2c1CCCCC2. The Kier molecular flexibility index (Phi) is 6.83. The summed E-state index contributed by atoms with van der Waals surface area (Å²) in [5.74, 6) is 1.52. The molecule has 0 unspecified atom stereocenters. The monoisotopic (exact) mass is 396 g/mol. The molecule has 1 aliphatic heterocycles. The van der Waals surface area contributed by atoms with Crippen molar-refractivity contribution in [3.8, 4) is 5.75 Å². The number of likely N-dealkylation sites (tertiary alicyclic amines) is 1. The molecule has 2 aromatic rings. The fourth-order valence-corrected chi connectivity index (χ4v) is 4.27. The smallest absolute Gasteiger partial charge is 0.255 e. The molecule has 1 saturated heterocycles. The van der Waals surface area contributed by atoms with Gasteiger partial charge in [-0.05, 0) is 75.7 Å². The number of aryl methyl sites for hydroxylation is 1. The second kappa shape index (κ2) is 9.92. The van der Waals surface area contributed by atoms with E-state index in [1.54, 1.807) is 0 Å². The van der Waals surface area contributed by atoms with Crippen molar-refractivity contribution >= 4 is 5.95 Å². The second-order valence-electron chi connectivity index (χ2n) is 8.16. The summed E-state index contributed by atoms with van der Waals surface area (Å²) in [6.45, 7) is 4.77. The molecule has 156 valence electrons. The van der Waals surface area contributed by atoms with Gasteiger partial charge in [-0.1, -0.05) is 18.6 Å². The van der Waals surface area contributed by atoms with Gasteiger partial charge in [0.25, 0.3) is 5.56 Å². The predicted molar refractivity (Wildman–Crippen MR) is 116 cm³/mol. The number of aromatic nitrogens is 2. The van der Waals surface area contributed by atoms with Crippen LogP contribution >= 0.6 is 0 Å². The molecule has 1 aliphatic carbocycles. The van der Waals surface area contributed by atoms with Crippen molar-refractivity contribution in [3.63, 3.8) is 0 Å². The van der Waals surface area contributed by atoms with Crippen molar-refractivity contribution in [2.45, 2.75) is 57.9 Å². The molecule has 2 N–H and O–H groups in total. The van der Waals surface area contributed by atoms with Crippen molar-refractivity contribution in [2.24, 2.45) is 0 Å². The average Bonchev–Trinajstić information content (AvgIpc) is 3.10. The number of hydrogen-bond donors (Lipinski definition) is 2. The third-order valence-electron chi connectivity index (χ3n) is 5.83. The van der Waals surface area contributed by atoms with Crippen LogP contribution in [-0.2, 0) is 19.4 Å². The first-order valence-corrected chi connectivity index (χ1v) is 11.1. The standard InChI is InChI=1S/C23H32N4O2/c28-22-20-10-2-1-3-11-21(20)25-23(26-22)24-12-7-15-29-19-9-6-8-18(16-19)17-27-13-4-5-14-27/h6,8-9,16H,1-5,7,10-15,17H2,(H2,24,25,26,28). The summed E-state index contributed by atoms with van der Waals surface area (Å²) in [4.78, 5) is 22.3. The van der Waals surface area contributed by atoms with Gasteiger partial charge in [0.05, 0.1) is 12.3 Å². The van der Waals surface area contributed by atoms with Crippen LogP contribution in [0.2, 0.25) is 0 Å². The number of hydrogen-bond acceptors (Lipinski definition) is 5. The molecule has 4 rings (SSSR count). The van der Waals surface area contributed by atoms with Gasteiger partial charge in [0, 0.05) is 18.7 Å². The van der Waals surface area contributed by atoms with Gasteiger partial charge < -0.3 is 10.1 Å². The molecule has 0 atom stereocenters. The minimum atomic E-state index is 0.0190. The van der Waals surface area contributed by atoms with E-state index in [0.29, 0.717) is 12.6 Å². The summed E-state index contributed by atoms with van der Waals surface area (Å²) < 4.78 is 5.93. The first-order chi connectivity index (χ1) is 14.3. The van der Waals surface area contributed by atoms with E-state index in [9.17, 15) is 4.79 Å². The topological polar surface area (TPSA) is 70.2 Å². The molecular formula is C23H32N4O2. The third-order valence-corrected chi connectivity index (χ3v) is 5.83. The molecule has 0 radical (unpaired) electrons. The first kappa shape index (κ1) is 20.0. The Labute approximate surface area is 172 Å². The highest BCUT2D eigenvalue weighted by Crippen LogP contribution is 2.18. The number of H-pyrrole nitrogens is 1. The zero-order valence-electron chi connectivity index (χ0n) is 17.2. The normalized spacial score (nSPS) is 17.0. The number of nitrogens with zero attached hydrogens (tertiary/aromatic N) is 2. The Morgan fingerprint density at radius 1 is 1.10 bits per heavy atom. The quantitative estimate of drug-likeness (QED) is 0.528. The van der Waals surface area contributed by atoms with Crippen molar-refractivity contribution in [1.29, 1.82) is 0 Å². The molecule has 0 spiro atoms. The van der Waals surface area contributed by atoms with Gasteiger partial charge >= 0.3 is 0 Å². The van der Waals surface area contributed by atoms with Gasteiger partial charge in [0.1, 0.15) is 5.75 Å². The summed E-state index contributed by atoms with van der Waals surface area (Å²) in [6.07, 6.45) is 8.61. The molecule has 1 aromatic carbocycles. The van der Waals surface area contributed by atoms with E-state index < -0.39 is 0 Å². The van der Waals surface area contributed by atoms with Crippen LogP contribution in [0.15, 0.2) is 29.1 Å². The highest BCUT2D eigenvalue weighted by atomic mass is 16.5. The summed E-state index contributed by atoms with van der Waals surface area (Å²) in [7, 11) is 0. The van der Waals surface area contributed by atoms with Crippen molar-refractivity contribution in [2.75, 3.05) is 31.6 Å². The van der Waals surface area contributed by atoms with Crippen LogP contribution in [-0.4, -0.2) is 41.1 Å². The maximum atomic E-state index is 12.3. The Morgan fingerprint density at radius 2 is 1.97 bits per heavy atom. The van der Waals surface area contributed by atoms with Crippen molar-refractivity contribution < 1.29 is 4.74 Å². The zero-order valence-corrected chi connectivity index (χ0v) is 17.2. The molecule has 0 saturated carbocycles. The fraction of sp³-hybridized carbons (Fsp3) is 0.565. The number of ether oxygens (including phenoxy) is 1. The Morgan fingerprint density at radius 3 is 2.86 bits per heavy atom. The van der Waals surface area contributed by atoms with E-state index in [-0.39, 0.29) is 5.56 Å². The molecule has 1 aromatic heterocycles. The van der Waals surface area contributed by atoms with Crippen LogP contribution in [0.3, 0.4) is 0 Å². The third kappa shape index (κ3) is 5.60. The number of aromatic amines is 1. The van der Waals surface area contributed by atoms with Crippen molar-refractivity contribution in [1.82, 2.24) is 14.9 Å². The minimum absolute atomic E-state index is 0.0190. The maximum absolute atomic E-state index is 12.3. The van der Waals surface area contributed by atoms with Crippen LogP contribution < -0.4 is 15.6 Å². The van der Waals surface area contributed by atoms with Gasteiger partial charge in [0.15, 0.2) is 0 Å². The van der Waals surface area contributed by atoms with Crippen LogP contribution in [0.5, 0.6) is 5.75 Å². The van der Waals surface area contributed by atoms with E-state index in [1.165, 1.54) is 37.9 Å². The highest BCUT2D eigenvalue weighted by molar-refractivity contribution is 5.31.